The molecule has 0 spiro atoms. The van der Waals surface area contributed by atoms with E-state index in [1.165, 1.54) is 0 Å². The summed E-state index contributed by atoms with van der Waals surface area (Å²) in [5.74, 6) is 2.38. The predicted molar refractivity (Wildman–Crippen MR) is 351 cm³/mol. The van der Waals surface area contributed by atoms with Crippen molar-refractivity contribution >= 4 is 42.8 Å². The lowest BCUT2D eigenvalue weighted by atomic mass is 9.79. The standard InChI is InChI=1S/C69H108N2O13Si3/c1-44(2)87(45(3)4,46(5)6)84-63(34-47(7)29-30-53(73-12)25-23-31-85(15,16)17)62-39-58(74-13)40-69(75-14,82-62)41-65-70-52(42-76-65)35-49(9)67-51(11)68-50(10)60(80-67)26-22-27-64-71-59(43-77-64)61-38-57(83-86(18,19)20)37-56(79-61)36-55-33-48(8)32-54(78-55)24-21-28-66(72)81-68/h21-22,27-30,34-35,42-46,50-51,53-58,60-63,67-68H,8,24-26,32-33,36-41H2,1-7,9-20H3/b27-22+,28-21-,30-29+,47-34+,49-35+/t50-,51-,53+,54?,55?,56?,57+,58+,60?,61?,62?,63+,67?,68-,69-/m0/s1. The van der Waals surface area contributed by atoms with Crippen LogP contribution in [-0.4, -0.2) is 135 Å². The molecule has 0 aromatic carbocycles. The van der Waals surface area contributed by atoms with E-state index in [-0.39, 0.29) is 67.1 Å². The molecule has 18 heteroatoms. The van der Waals surface area contributed by atoms with Crippen LogP contribution in [0.5, 0.6) is 0 Å². The third kappa shape index (κ3) is 19.6. The molecular weight excluding hydrogens is 1150 g/mol. The Morgan fingerprint density at radius 1 is 0.828 bits per heavy atom. The average Bonchev–Trinajstić information content (AvgIpc) is 1.42. The molecule has 484 valence electrons. The third-order valence-electron chi connectivity index (χ3n) is 18.1. The van der Waals surface area contributed by atoms with Crippen LogP contribution >= 0.6 is 0 Å². The maximum absolute atomic E-state index is 13.9. The van der Waals surface area contributed by atoms with Gasteiger partial charge in [-0.2, -0.15) is 0 Å². The summed E-state index contributed by atoms with van der Waals surface area (Å²) < 4.78 is 79.5. The Hall–Kier alpha value is -3.82. The van der Waals surface area contributed by atoms with E-state index in [0.717, 1.165) is 41.7 Å². The zero-order valence-electron chi connectivity index (χ0n) is 56.3. The van der Waals surface area contributed by atoms with Gasteiger partial charge in [0.2, 0.25) is 14.2 Å². The van der Waals surface area contributed by atoms with Crippen LogP contribution in [-0.2, 0) is 58.0 Å². The lowest BCUT2D eigenvalue weighted by Crippen LogP contribution is -2.57. The Bertz CT molecular complexity index is 2770. The predicted octanol–water partition coefficient (Wildman–Crippen LogP) is 15.4. The molecular formula is C69H108N2O13Si3. The molecule has 4 fully saturated rings. The van der Waals surface area contributed by atoms with E-state index in [4.69, 9.17) is 65.5 Å². The topological polar surface area (TPSA) is 161 Å². The number of methoxy groups -OCH3 is 3. The fourth-order valence-corrected chi connectivity index (χ4v) is 21.4. The highest BCUT2D eigenvalue weighted by Crippen LogP contribution is 2.46. The molecule has 7 rings (SSSR count). The zero-order chi connectivity index (χ0) is 63.6. The van der Waals surface area contributed by atoms with E-state index in [9.17, 15) is 4.79 Å². The number of rotatable bonds is 19. The first-order valence-corrected chi connectivity index (χ1v) is 41.3. The van der Waals surface area contributed by atoms with Gasteiger partial charge in [-0.3, -0.25) is 0 Å². The summed E-state index contributed by atoms with van der Waals surface area (Å²) in [7, 11) is -0.672. The van der Waals surface area contributed by atoms with Crippen molar-refractivity contribution < 1.29 is 60.4 Å². The molecule has 2 aromatic rings. The lowest BCUT2D eigenvalue weighted by molar-refractivity contribution is -0.297. The molecule has 4 saturated heterocycles. The van der Waals surface area contributed by atoms with Crippen molar-refractivity contribution in [2.45, 2.75) is 275 Å². The van der Waals surface area contributed by atoms with Crippen LogP contribution in [0.3, 0.4) is 0 Å². The molecule has 0 N–H and O–H groups in total. The zero-order valence-corrected chi connectivity index (χ0v) is 59.3. The number of carbonyl (C=O) groups is 1. The van der Waals surface area contributed by atoms with Gasteiger partial charge in [0.25, 0.3) is 0 Å². The van der Waals surface area contributed by atoms with E-state index in [0.29, 0.717) is 79.0 Å². The van der Waals surface area contributed by atoms with Gasteiger partial charge in [0, 0.05) is 71.3 Å². The number of aromatic nitrogens is 2. The second-order valence-corrected chi connectivity index (χ2v) is 43.1. The first-order chi connectivity index (χ1) is 41.0. The summed E-state index contributed by atoms with van der Waals surface area (Å²) in [5, 5.41) is 0. The summed E-state index contributed by atoms with van der Waals surface area (Å²) in [4.78, 5) is 23.9. The summed E-state index contributed by atoms with van der Waals surface area (Å²) >= 11 is 0. The van der Waals surface area contributed by atoms with Gasteiger partial charge in [-0.25, -0.2) is 14.8 Å². The molecule has 0 radical (unpaired) electrons. The van der Waals surface area contributed by atoms with E-state index in [2.05, 4.69) is 138 Å². The van der Waals surface area contributed by atoms with Gasteiger partial charge < -0.3 is 55.6 Å². The Morgan fingerprint density at radius 3 is 2.21 bits per heavy atom. The minimum absolute atomic E-state index is 0.0292. The average molecular weight is 1260 g/mol. The molecule has 0 amide bonds. The summed E-state index contributed by atoms with van der Waals surface area (Å²) in [6.45, 7) is 40.0. The number of oxazole rings is 2. The number of fused-ring (bicyclic) bond motifs is 9. The van der Waals surface area contributed by atoms with Crippen molar-refractivity contribution in [3.8, 4) is 11.5 Å². The number of esters is 1. The molecule has 15 atom stereocenters. The maximum atomic E-state index is 13.9. The molecule has 8 bridgehead atoms. The third-order valence-corrected chi connectivity index (χ3v) is 26.1. The first kappa shape index (κ1) is 70.6. The van der Waals surface area contributed by atoms with Crippen LogP contribution in [0, 0.1) is 23.3 Å². The van der Waals surface area contributed by atoms with E-state index in [1.54, 1.807) is 39.9 Å². The molecule has 0 saturated carbocycles. The van der Waals surface area contributed by atoms with Gasteiger partial charge in [0.1, 0.15) is 44.2 Å². The lowest BCUT2D eigenvalue weighted by Gasteiger charge is -2.49. The summed E-state index contributed by atoms with van der Waals surface area (Å²) in [5.41, 5.74) is 8.93. The molecule has 5 aliphatic rings. The van der Waals surface area contributed by atoms with Crippen LogP contribution in [0.4, 0.5) is 0 Å². The molecule has 15 nitrogen and oxygen atoms in total. The number of hydrogen-bond donors (Lipinski definition) is 0. The second-order valence-electron chi connectivity index (χ2n) is 28.4. The van der Waals surface area contributed by atoms with Crippen molar-refractivity contribution in [3.05, 3.63) is 95.4 Å². The number of allylic oxidation sites excluding steroid dienone is 2. The summed E-state index contributed by atoms with van der Waals surface area (Å²) in [6, 6.07) is 0. The minimum Gasteiger partial charge on any atom is -0.458 e. The SMILES string of the molecule is C=C1CC2C/C=C\C(=O)O[C@H]3[C@@H](C)C(C/C=C/c4nc(co4)C4C[C@H](O[Si](C)(C)C)CC(CC(C1)O2)O4)OC(/C(C)=C/c1coc(C[C@]2(OC)C[C@H](OC)CC([C@@H](/C=C(C)/C=C/[C@@H](CC#C[Si](C)(C)C)OC)O[Si](C(C)C)(C(C)C)C(C)C)O2)n1)[C@@H]3C. The number of ether oxygens (including phenoxy) is 8. The highest BCUT2D eigenvalue weighted by molar-refractivity contribution is 6.83. The number of nitrogens with zero attached hydrogens (tertiary/aromatic N) is 2. The summed E-state index contributed by atoms with van der Waals surface area (Å²) in [6.07, 6.45) is 22.8. The normalized spacial score (nSPS) is 31.7. The highest BCUT2D eigenvalue weighted by atomic mass is 28.4. The Labute approximate surface area is 525 Å². The van der Waals surface area contributed by atoms with Crippen molar-refractivity contribution in [1.29, 1.82) is 0 Å². The van der Waals surface area contributed by atoms with Crippen molar-refractivity contribution in [1.82, 2.24) is 9.97 Å². The van der Waals surface area contributed by atoms with Crippen LogP contribution in [0.25, 0.3) is 12.2 Å². The molecule has 87 heavy (non-hydrogen) atoms. The van der Waals surface area contributed by atoms with Crippen molar-refractivity contribution in [2.75, 3.05) is 21.3 Å². The first-order valence-electron chi connectivity index (χ1n) is 32.3. The van der Waals surface area contributed by atoms with Crippen molar-refractivity contribution in [3.63, 3.8) is 0 Å². The maximum Gasteiger partial charge on any atom is 0.330 e. The van der Waals surface area contributed by atoms with Crippen LogP contribution in [0.15, 0.2) is 81.1 Å². The second kappa shape index (κ2) is 31.0. The highest BCUT2D eigenvalue weighted by Gasteiger charge is 2.52. The monoisotopic (exact) mass is 1260 g/mol. The van der Waals surface area contributed by atoms with Gasteiger partial charge in [-0.1, -0.05) is 123 Å². The van der Waals surface area contributed by atoms with Crippen LogP contribution < -0.4 is 0 Å². The Morgan fingerprint density at radius 2 is 1.54 bits per heavy atom. The van der Waals surface area contributed by atoms with Gasteiger partial charge in [-0.05, 0) is 99.9 Å². The van der Waals surface area contributed by atoms with Crippen molar-refractivity contribution in [2.24, 2.45) is 11.8 Å². The van der Waals surface area contributed by atoms with E-state index >= 15 is 0 Å². The molecule has 7 unspecified atom stereocenters. The molecule has 0 aliphatic carbocycles. The molecule has 5 aliphatic heterocycles. The fraction of sp³-hybridized carbons (Fsp3) is 0.696. The van der Waals surface area contributed by atoms with Crippen LogP contribution in [0.2, 0.25) is 55.9 Å². The Kier molecular flexibility index (Phi) is 25.2. The van der Waals surface area contributed by atoms with E-state index < -0.39 is 60.9 Å². The number of carbonyl (C=O) groups excluding carboxylic acids is 1. The van der Waals surface area contributed by atoms with E-state index in [1.807, 2.05) is 31.2 Å². The van der Waals surface area contributed by atoms with Gasteiger partial charge >= 0.3 is 5.97 Å². The fourth-order valence-electron chi connectivity index (χ4n) is 14.1. The smallest absolute Gasteiger partial charge is 0.330 e. The Balaban J connectivity index is 1.14. The molecule has 2 aromatic heterocycles. The van der Waals surface area contributed by atoms with Gasteiger partial charge in [0.05, 0.1) is 67.5 Å². The largest absolute Gasteiger partial charge is 0.458 e. The quantitative estimate of drug-likeness (QED) is 0.0429. The number of hydrogen-bond acceptors (Lipinski definition) is 15. The molecule has 7 heterocycles. The minimum atomic E-state index is -2.46. The van der Waals surface area contributed by atoms with Gasteiger partial charge in [-0.15, -0.1) is 11.5 Å². The van der Waals surface area contributed by atoms with Crippen LogP contribution in [0.1, 0.15) is 163 Å². The van der Waals surface area contributed by atoms with Gasteiger partial charge in [0.15, 0.2) is 20.0 Å².